The molecule has 2 aromatic rings. The van der Waals surface area contributed by atoms with Gasteiger partial charge < -0.3 is 19.7 Å². The molecule has 0 saturated heterocycles. The SMILES string of the molecule is CCCNC(=O)[C@H](C)N(Cc1ccc(Br)cc1)C(=O)CCc1ccc(OC)c(OC)c1. The molecule has 0 aliphatic heterocycles. The molecule has 1 atom stereocenters. The Morgan fingerprint density at radius 3 is 2.29 bits per heavy atom. The van der Waals surface area contributed by atoms with E-state index in [-0.39, 0.29) is 18.2 Å². The Bertz CT molecular complexity index is 870. The van der Waals surface area contributed by atoms with E-state index in [1.54, 1.807) is 26.0 Å². The maximum Gasteiger partial charge on any atom is 0.242 e. The van der Waals surface area contributed by atoms with Crippen LogP contribution in [0, 0.1) is 0 Å². The lowest BCUT2D eigenvalue weighted by atomic mass is 10.1. The average molecular weight is 491 g/mol. The van der Waals surface area contributed by atoms with Crippen molar-refractivity contribution in [2.75, 3.05) is 20.8 Å². The van der Waals surface area contributed by atoms with Crippen molar-refractivity contribution in [2.24, 2.45) is 0 Å². The van der Waals surface area contributed by atoms with Gasteiger partial charge >= 0.3 is 0 Å². The summed E-state index contributed by atoms with van der Waals surface area (Å²) in [7, 11) is 3.18. The van der Waals surface area contributed by atoms with Gasteiger partial charge in [-0.05, 0) is 55.2 Å². The minimum atomic E-state index is -0.562. The number of nitrogens with one attached hydrogen (secondary N) is 1. The molecule has 168 valence electrons. The van der Waals surface area contributed by atoms with Gasteiger partial charge in [-0.15, -0.1) is 0 Å². The summed E-state index contributed by atoms with van der Waals surface area (Å²) < 4.78 is 11.6. The first kappa shape index (κ1) is 24.7. The molecule has 0 spiro atoms. The van der Waals surface area contributed by atoms with Crippen molar-refractivity contribution in [3.63, 3.8) is 0 Å². The summed E-state index contributed by atoms with van der Waals surface area (Å²) in [6, 6.07) is 12.8. The summed E-state index contributed by atoms with van der Waals surface area (Å²) in [6.07, 6.45) is 1.68. The van der Waals surface area contributed by atoms with E-state index in [9.17, 15) is 9.59 Å². The van der Waals surface area contributed by atoms with E-state index in [4.69, 9.17) is 9.47 Å². The van der Waals surface area contributed by atoms with Gasteiger partial charge in [-0.1, -0.05) is 41.1 Å². The summed E-state index contributed by atoms with van der Waals surface area (Å²) in [6.45, 7) is 4.74. The molecule has 0 aliphatic carbocycles. The number of carbonyl (C=O) groups is 2. The molecule has 7 heteroatoms. The molecule has 6 nitrogen and oxygen atoms in total. The number of hydrogen-bond acceptors (Lipinski definition) is 4. The predicted octanol–water partition coefficient (Wildman–Crippen LogP) is 4.34. The van der Waals surface area contributed by atoms with Crippen LogP contribution in [0.3, 0.4) is 0 Å². The largest absolute Gasteiger partial charge is 0.493 e. The Kier molecular flexibility index (Phi) is 9.85. The first-order chi connectivity index (χ1) is 14.9. The number of ether oxygens (including phenoxy) is 2. The van der Waals surface area contributed by atoms with Crippen LogP contribution in [0.15, 0.2) is 46.9 Å². The molecule has 0 fully saturated rings. The molecule has 31 heavy (non-hydrogen) atoms. The normalized spacial score (nSPS) is 11.5. The smallest absolute Gasteiger partial charge is 0.242 e. The molecule has 0 unspecified atom stereocenters. The number of halogens is 1. The molecule has 0 saturated carbocycles. The van der Waals surface area contributed by atoms with E-state index in [1.165, 1.54) is 0 Å². The lowest BCUT2D eigenvalue weighted by Crippen LogP contribution is -2.47. The first-order valence-corrected chi connectivity index (χ1v) is 11.2. The minimum Gasteiger partial charge on any atom is -0.493 e. The molecule has 0 aromatic heterocycles. The summed E-state index contributed by atoms with van der Waals surface area (Å²) in [5.74, 6) is 1.07. The van der Waals surface area contributed by atoms with Crippen LogP contribution in [0.2, 0.25) is 0 Å². The Balaban J connectivity index is 2.14. The Hall–Kier alpha value is -2.54. The maximum absolute atomic E-state index is 13.2. The summed E-state index contributed by atoms with van der Waals surface area (Å²) in [5, 5.41) is 2.89. The van der Waals surface area contributed by atoms with Gasteiger partial charge in [0, 0.05) is 24.0 Å². The van der Waals surface area contributed by atoms with Crippen LogP contribution in [-0.2, 0) is 22.6 Å². The molecular weight excluding hydrogens is 460 g/mol. The fourth-order valence-corrected chi connectivity index (χ4v) is 3.46. The summed E-state index contributed by atoms with van der Waals surface area (Å²) in [5.41, 5.74) is 1.94. The Morgan fingerprint density at radius 1 is 1.03 bits per heavy atom. The third kappa shape index (κ3) is 7.28. The van der Waals surface area contributed by atoms with Crippen LogP contribution >= 0.6 is 15.9 Å². The van der Waals surface area contributed by atoms with Crippen LogP contribution in [0.5, 0.6) is 11.5 Å². The predicted molar refractivity (Wildman–Crippen MR) is 125 cm³/mol. The topological polar surface area (TPSA) is 67.9 Å². The highest BCUT2D eigenvalue weighted by Gasteiger charge is 2.25. The molecule has 0 bridgehead atoms. The Morgan fingerprint density at radius 2 is 1.68 bits per heavy atom. The van der Waals surface area contributed by atoms with Gasteiger partial charge in [0.25, 0.3) is 0 Å². The number of rotatable bonds is 11. The molecule has 2 amide bonds. The second-order valence-electron chi connectivity index (χ2n) is 7.30. The quantitative estimate of drug-likeness (QED) is 0.508. The zero-order valence-electron chi connectivity index (χ0n) is 18.6. The van der Waals surface area contributed by atoms with Crippen molar-refractivity contribution >= 4 is 27.7 Å². The van der Waals surface area contributed by atoms with Crippen LogP contribution in [0.25, 0.3) is 0 Å². The van der Waals surface area contributed by atoms with Crippen molar-refractivity contribution in [3.8, 4) is 11.5 Å². The van der Waals surface area contributed by atoms with Crippen LogP contribution in [0.4, 0.5) is 0 Å². The number of carbonyl (C=O) groups excluding carboxylic acids is 2. The molecule has 0 heterocycles. The molecule has 0 aliphatic rings. The van der Waals surface area contributed by atoms with Gasteiger partial charge in [-0.2, -0.15) is 0 Å². The highest BCUT2D eigenvalue weighted by molar-refractivity contribution is 9.10. The molecule has 2 aromatic carbocycles. The fraction of sp³-hybridized carbons (Fsp3) is 0.417. The minimum absolute atomic E-state index is 0.0724. The first-order valence-electron chi connectivity index (χ1n) is 10.4. The van der Waals surface area contributed by atoms with Gasteiger partial charge in [0.05, 0.1) is 14.2 Å². The van der Waals surface area contributed by atoms with Crippen molar-refractivity contribution in [3.05, 3.63) is 58.1 Å². The highest BCUT2D eigenvalue weighted by atomic mass is 79.9. The maximum atomic E-state index is 13.2. The van der Waals surface area contributed by atoms with E-state index in [1.807, 2.05) is 49.4 Å². The third-order valence-electron chi connectivity index (χ3n) is 5.06. The van der Waals surface area contributed by atoms with E-state index >= 15 is 0 Å². The number of aryl methyl sites for hydroxylation is 1. The van der Waals surface area contributed by atoms with Gasteiger partial charge in [0.15, 0.2) is 11.5 Å². The number of amides is 2. The van der Waals surface area contributed by atoms with Crippen LogP contribution in [-0.4, -0.2) is 43.5 Å². The average Bonchev–Trinajstić information content (AvgIpc) is 2.79. The van der Waals surface area contributed by atoms with E-state index in [2.05, 4.69) is 21.2 Å². The standard InChI is InChI=1S/C24H31BrN2O4/c1-5-14-26-24(29)17(2)27(16-19-6-10-20(25)11-7-19)23(28)13-9-18-8-12-21(30-3)22(15-18)31-4/h6-8,10-12,15,17H,5,9,13-14,16H2,1-4H3,(H,26,29)/t17-/m0/s1. The third-order valence-corrected chi connectivity index (χ3v) is 5.59. The summed E-state index contributed by atoms with van der Waals surface area (Å²) in [4.78, 5) is 27.4. The van der Waals surface area contributed by atoms with Crippen LogP contribution in [0.1, 0.15) is 37.8 Å². The van der Waals surface area contributed by atoms with Crippen LogP contribution < -0.4 is 14.8 Å². The van der Waals surface area contributed by atoms with Crippen molar-refractivity contribution in [1.82, 2.24) is 10.2 Å². The van der Waals surface area contributed by atoms with E-state index in [0.717, 1.165) is 22.0 Å². The van der Waals surface area contributed by atoms with Gasteiger partial charge in [-0.25, -0.2) is 0 Å². The molecule has 0 radical (unpaired) electrons. The van der Waals surface area contributed by atoms with E-state index < -0.39 is 6.04 Å². The highest BCUT2D eigenvalue weighted by Crippen LogP contribution is 2.28. The van der Waals surface area contributed by atoms with E-state index in [0.29, 0.717) is 31.0 Å². The second kappa shape index (κ2) is 12.3. The molecular formula is C24H31BrN2O4. The van der Waals surface area contributed by atoms with Gasteiger partial charge in [-0.3, -0.25) is 9.59 Å². The van der Waals surface area contributed by atoms with Crippen molar-refractivity contribution < 1.29 is 19.1 Å². The zero-order chi connectivity index (χ0) is 22.8. The number of hydrogen-bond donors (Lipinski definition) is 1. The van der Waals surface area contributed by atoms with Crippen molar-refractivity contribution in [1.29, 1.82) is 0 Å². The molecule has 1 N–H and O–H groups in total. The summed E-state index contributed by atoms with van der Waals surface area (Å²) >= 11 is 3.43. The second-order valence-corrected chi connectivity index (χ2v) is 8.22. The van der Waals surface area contributed by atoms with Gasteiger partial charge in [0.1, 0.15) is 6.04 Å². The lowest BCUT2D eigenvalue weighted by molar-refractivity contribution is -0.140. The lowest BCUT2D eigenvalue weighted by Gasteiger charge is -2.29. The van der Waals surface area contributed by atoms with Crippen molar-refractivity contribution in [2.45, 2.75) is 45.7 Å². The molecule has 2 rings (SSSR count). The fourth-order valence-electron chi connectivity index (χ4n) is 3.20. The number of benzene rings is 2. The number of methoxy groups -OCH3 is 2. The monoisotopic (exact) mass is 490 g/mol. The zero-order valence-corrected chi connectivity index (χ0v) is 20.2. The Labute approximate surface area is 193 Å². The number of nitrogens with zero attached hydrogens (tertiary/aromatic N) is 1. The van der Waals surface area contributed by atoms with Gasteiger partial charge in [0.2, 0.25) is 11.8 Å².